The van der Waals surface area contributed by atoms with Gasteiger partial charge in [0.15, 0.2) is 0 Å². The second-order valence-electron chi connectivity index (χ2n) is 6.79. The maximum atomic E-state index is 11.9. The zero-order valence-electron chi connectivity index (χ0n) is 17.0. The summed E-state index contributed by atoms with van der Waals surface area (Å²) < 4.78 is 0. The third-order valence-corrected chi connectivity index (χ3v) is 4.29. The molecule has 1 rings (SSSR count). The molecular formula is C25H33NO2. The van der Waals surface area contributed by atoms with E-state index in [9.17, 15) is 9.90 Å². The second-order valence-corrected chi connectivity index (χ2v) is 6.79. The maximum absolute atomic E-state index is 11.9. The molecule has 1 unspecified atom stereocenters. The van der Waals surface area contributed by atoms with Crippen LogP contribution in [0.25, 0.3) is 0 Å². The van der Waals surface area contributed by atoms with E-state index >= 15 is 0 Å². The Kier molecular flexibility index (Phi) is 14.0. The summed E-state index contributed by atoms with van der Waals surface area (Å²) in [6.07, 6.45) is 11.8. The molecule has 1 aromatic carbocycles. The van der Waals surface area contributed by atoms with E-state index in [0.29, 0.717) is 13.0 Å². The molecule has 0 aliphatic rings. The highest BCUT2D eigenvalue weighted by molar-refractivity contribution is 5.80. The van der Waals surface area contributed by atoms with Crippen LogP contribution in [0, 0.1) is 23.7 Å². The highest BCUT2D eigenvalue weighted by Crippen LogP contribution is 2.08. The Morgan fingerprint density at radius 3 is 2.68 bits per heavy atom. The number of hydrogen-bond acceptors (Lipinski definition) is 2. The number of carbonyl (C=O) groups is 1. The summed E-state index contributed by atoms with van der Waals surface area (Å²) in [4.78, 5) is 11.9. The van der Waals surface area contributed by atoms with Gasteiger partial charge < -0.3 is 10.4 Å². The van der Waals surface area contributed by atoms with E-state index in [0.717, 1.165) is 50.5 Å². The van der Waals surface area contributed by atoms with Crippen LogP contribution < -0.4 is 5.32 Å². The molecule has 0 spiro atoms. The van der Waals surface area contributed by atoms with Crippen molar-refractivity contribution in [3.63, 3.8) is 0 Å². The van der Waals surface area contributed by atoms with Crippen LogP contribution in [0.2, 0.25) is 0 Å². The topological polar surface area (TPSA) is 49.3 Å². The minimum atomic E-state index is -0.919. The van der Waals surface area contributed by atoms with Crippen LogP contribution in [-0.4, -0.2) is 17.1 Å². The zero-order chi connectivity index (χ0) is 20.3. The molecule has 0 saturated carbocycles. The lowest BCUT2D eigenvalue weighted by atomic mass is 10.1. The SMILES string of the molecule is CCCCC#CC#C/C=C/CCCCCCC(O)C(=O)NCc1ccccc1. The minimum absolute atomic E-state index is 0.289. The molecule has 0 aliphatic heterocycles. The van der Waals surface area contributed by atoms with Crippen molar-refractivity contribution in [2.75, 3.05) is 0 Å². The first-order valence-corrected chi connectivity index (χ1v) is 10.4. The fraction of sp³-hybridized carbons (Fsp3) is 0.480. The van der Waals surface area contributed by atoms with Crippen LogP contribution >= 0.6 is 0 Å². The van der Waals surface area contributed by atoms with Crippen LogP contribution in [-0.2, 0) is 11.3 Å². The van der Waals surface area contributed by atoms with Crippen LogP contribution in [0.3, 0.4) is 0 Å². The summed E-state index contributed by atoms with van der Waals surface area (Å²) >= 11 is 0. The Morgan fingerprint density at radius 1 is 1.11 bits per heavy atom. The second kappa shape index (κ2) is 16.7. The number of aliphatic hydroxyl groups excluding tert-OH is 1. The van der Waals surface area contributed by atoms with Gasteiger partial charge in [-0.05, 0) is 49.2 Å². The molecule has 0 fully saturated rings. The molecule has 0 radical (unpaired) electrons. The van der Waals surface area contributed by atoms with Crippen molar-refractivity contribution >= 4 is 5.91 Å². The molecular weight excluding hydrogens is 346 g/mol. The number of nitrogens with one attached hydrogen (secondary N) is 1. The molecule has 0 bridgehead atoms. The molecule has 28 heavy (non-hydrogen) atoms. The third kappa shape index (κ3) is 12.8. The number of benzene rings is 1. The Morgan fingerprint density at radius 2 is 1.89 bits per heavy atom. The molecule has 150 valence electrons. The van der Waals surface area contributed by atoms with E-state index in [4.69, 9.17) is 0 Å². The number of unbranched alkanes of at least 4 members (excludes halogenated alkanes) is 6. The molecule has 0 aliphatic carbocycles. The molecule has 3 heteroatoms. The third-order valence-electron chi connectivity index (χ3n) is 4.29. The van der Waals surface area contributed by atoms with E-state index in [-0.39, 0.29) is 5.91 Å². The van der Waals surface area contributed by atoms with E-state index in [1.54, 1.807) is 0 Å². The lowest BCUT2D eigenvalue weighted by Crippen LogP contribution is -2.34. The summed E-state index contributed by atoms with van der Waals surface area (Å²) in [5, 5.41) is 12.7. The van der Waals surface area contributed by atoms with Gasteiger partial charge in [0.05, 0.1) is 0 Å². The van der Waals surface area contributed by atoms with E-state index in [1.165, 1.54) is 6.42 Å². The largest absolute Gasteiger partial charge is 0.383 e. The molecule has 0 heterocycles. The van der Waals surface area contributed by atoms with Crippen molar-refractivity contribution in [3.05, 3.63) is 48.0 Å². The maximum Gasteiger partial charge on any atom is 0.249 e. The Labute approximate surface area is 170 Å². The quantitative estimate of drug-likeness (QED) is 0.406. The summed E-state index contributed by atoms with van der Waals surface area (Å²) in [5.74, 6) is 11.4. The first-order chi connectivity index (χ1) is 13.7. The fourth-order valence-corrected chi connectivity index (χ4v) is 2.58. The molecule has 0 aromatic heterocycles. The number of aliphatic hydroxyl groups is 1. The van der Waals surface area contributed by atoms with E-state index in [2.05, 4.69) is 42.0 Å². The van der Waals surface area contributed by atoms with Gasteiger partial charge in [0.25, 0.3) is 0 Å². The van der Waals surface area contributed by atoms with Crippen molar-refractivity contribution < 1.29 is 9.90 Å². The number of rotatable bonds is 12. The van der Waals surface area contributed by atoms with Gasteiger partial charge in [-0.1, -0.05) is 80.9 Å². The fourth-order valence-electron chi connectivity index (χ4n) is 2.58. The number of amides is 1. The molecule has 1 atom stereocenters. The summed E-state index contributed by atoms with van der Waals surface area (Å²) in [6, 6.07) is 9.71. The van der Waals surface area contributed by atoms with Crippen LogP contribution in [0.5, 0.6) is 0 Å². The standard InChI is InChI=1S/C25H33NO2/c1-2-3-4-5-6-7-8-9-10-11-12-13-14-18-21-24(27)25(28)26-22-23-19-16-15-17-20-23/h9-10,15-17,19-20,24,27H,2-4,11-14,18,21-22H2,1H3,(H,26,28)/b10-9+. The highest BCUT2D eigenvalue weighted by Gasteiger charge is 2.13. The van der Waals surface area contributed by atoms with Crippen molar-refractivity contribution in [1.82, 2.24) is 5.32 Å². The Hall–Kier alpha value is -2.49. The smallest absolute Gasteiger partial charge is 0.249 e. The van der Waals surface area contributed by atoms with Crippen molar-refractivity contribution in [2.24, 2.45) is 0 Å². The van der Waals surface area contributed by atoms with Gasteiger partial charge in [0.1, 0.15) is 6.10 Å². The number of carbonyl (C=O) groups excluding carboxylic acids is 1. The van der Waals surface area contributed by atoms with Gasteiger partial charge in [-0.25, -0.2) is 0 Å². The van der Waals surface area contributed by atoms with Gasteiger partial charge in [-0.2, -0.15) is 0 Å². The lowest BCUT2D eigenvalue weighted by Gasteiger charge is -2.11. The normalized spacial score (nSPS) is 11.2. The number of hydrogen-bond donors (Lipinski definition) is 2. The average Bonchev–Trinajstić information content (AvgIpc) is 2.72. The summed E-state index contributed by atoms with van der Waals surface area (Å²) in [5.41, 5.74) is 1.03. The van der Waals surface area contributed by atoms with Crippen LogP contribution in [0.4, 0.5) is 0 Å². The number of allylic oxidation sites excluding steroid dienone is 2. The van der Waals surface area contributed by atoms with Crippen molar-refractivity contribution in [1.29, 1.82) is 0 Å². The highest BCUT2D eigenvalue weighted by atomic mass is 16.3. The monoisotopic (exact) mass is 379 g/mol. The predicted octanol–water partition coefficient (Wildman–Crippen LogP) is 4.76. The summed E-state index contributed by atoms with van der Waals surface area (Å²) in [7, 11) is 0. The predicted molar refractivity (Wildman–Crippen MR) is 116 cm³/mol. The van der Waals surface area contributed by atoms with Crippen LogP contribution in [0.1, 0.15) is 70.3 Å². The molecule has 0 saturated heterocycles. The van der Waals surface area contributed by atoms with Crippen molar-refractivity contribution in [2.45, 2.75) is 77.4 Å². The van der Waals surface area contributed by atoms with E-state index in [1.807, 2.05) is 36.4 Å². The Balaban J connectivity index is 2.01. The van der Waals surface area contributed by atoms with Gasteiger partial charge in [-0.15, -0.1) is 0 Å². The zero-order valence-corrected chi connectivity index (χ0v) is 17.0. The molecule has 3 nitrogen and oxygen atoms in total. The average molecular weight is 380 g/mol. The minimum Gasteiger partial charge on any atom is -0.383 e. The molecule has 2 N–H and O–H groups in total. The van der Waals surface area contributed by atoms with Gasteiger partial charge in [0.2, 0.25) is 5.91 Å². The summed E-state index contributed by atoms with van der Waals surface area (Å²) in [6.45, 7) is 2.61. The molecule has 1 amide bonds. The first kappa shape index (κ1) is 23.5. The van der Waals surface area contributed by atoms with Gasteiger partial charge in [-0.3, -0.25) is 4.79 Å². The molecule has 1 aromatic rings. The van der Waals surface area contributed by atoms with Crippen LogP contribution in [0.15, 0.2) is 42.5 Å². The van der Waals surface area contributed by atoms with Gasteiger partial charge >= 0.3 is 0 Å². The lowest BCUT2D eigenvalue weighted by molar-refractivity contribution is -0.129. The van der Waals surface area contributed by atoms with E-state index < -0.39 is 6.10 Å². The Bertz CT molecular complexity index is 686. The van der Waals surface area contributed by atoms with Crippen molar-refractivity contribution in [3.8, 4) is 23.7 Å². The first-order valence-electron chi connectivity index (χ1n) is 10.4. The van der Waals surface area contributed by atoms with Gasteiger partial charge in [0, 0.05) is 13.0 Å².